The third-order valence-corrected chi connectivity index (χ3v) is 5.04. The summed E-state index contributed by atoms with van der Waals surface area (Å²) in [5.74, 6) is 3.22. The number of carbonyl (C=O) groups is 1. The number of fused-ring (bicyclic) bond motifs is 1. The van der Waals surface area contributed by atoms with Gasteiger partial charge in [-0.1, -0.05) is 13.0 Å². The van der Waals surface area contributed by atoms with Gasteiger partial charge in [0.2, 0.25) is 5.91 Å². The summed E-state index contributed by atoms with van der Waals surface area (Å²) in [5, 5.41) is 0. The zero-order chi connectivity index (χ0) is 17.6. The Hall–Kier alpha value is -2.56. The highest BCUT2D eigenvalue weighted by atomic mass is 16.3. The van der Waals surface area contributed by atoms with Gasteiger partial charge in [0.15, 0.2) is 0 Å². The van der Waals surface area contributed by atoms with E-state index in [1.54, 1.807) is 4.90 Å². The molecule has 1 aliphatic carbocycles. The molecule has 5 nitrogen and oxygen atoms in total. The first kappa shape index (κ1) is 15.9. The molecule has 1 saturated carbocycles. The highest BCUT2D eigenvalue weighted by Gasteiger charge is 2.36. The number of nitrogens with zero attached hydrogens (tertiary/aromatic N) is 3. The van der Waals surface area contributed by atoms with Crippen molar-refractivity contribution in [1.82, 2.24) is 14.3 Å². The molecule has 25 heavy (non-hydrogen) atoms. The molecule has 3 aromatic rings. The Kier molecular flexibility index (Phi) is 3.86. The third kappa shape index (κ3) is 3.18. The van der Waals surface area contributed by atoms with Gasteiger partial charge in [-0.2, -0.15) is 0 Å². The molecular formula is C20H23N3O2. The second kappa shape index (κ2) is 6.06. The molecule has 1 aliphatic rings. The van der Waals surface area contributed by atoms with E-state index in [1.165, 1.54) is 6.42 Å². The van der Waals surface area contributed by atoms with Crippen LogP contribution in [-0.2, 0) is 17.8 Å². The molecule has 4 rings (SSSR count). The van der Waals surface area contributed by atoms with E-state index < -0.39 is 0 Å². The zero-order valence-electron chi connectivity index (χ0n) is 14.9. The minimum atomic E-state index is 0.0406. The molecule has 0 bridgehead atoms. The predicted molar refractivity (Wildman–Crippen MR) is 95.3 cm³/mol. The summed E-state index contributed by atoms with van der Waals surface area (Å²) in [6.07, 6.45) is 5.38. The lowest BCUT2D eigenvalue weighted by Crippen LogP contribution is -2.27. The van der Waals surface area contributed by atoms with E-state index in [9.17, 15) is 4.79 Å². The molecule has 0 spiro atoms. The van der Waals surface area contributed by atoms with Crippen LogP contribution in [0.3, 0.4) is 0 Å². The van der Waals surface area contributed by atoms with Crippen molar-refractivity contribution in [2.45, 2.75) is 39.2 Å². The largest absolute Gasteiger partial charge is 0.464 e. The Morgan fingerprint density at radius 3 is 2.92 bits per heavy atom. The maximum atomic E-state index is 12.5. The number of hydrogen-bond donors (Lipinski definition) is 0. The number of hydrogen-bond acceptors (Lipinski definition) is 3. The van der Waals surface area contributed by atoms with Crippen LogP contribution < -0.4 is 0 Å². The van der Waals surface area contributed by atoms with Crippen molar-refractivity contribution in [2.24, 2.45) is 5.92 Å². The van der Waals surface area contributed by atoms with Crippen LogP contribution >= 0.6 is 0 Å². The van der Waals surface area contributed by atoms with Crippen LogP contribution in [0.15, 0.2) is 41.1 Å². The minimum Gasteiger partial charge on any atom is -0.464 e. The second-order valence-corrected chi connectivity index (χ2v) is 7.20. The average molecular weight is 337 g/mol. The number of imidazole rings is 1. The third-order valence-electron chi connectivity index (χ3n) is 5.04. The van der Waals surface area contributed by atoms with E-state index >= 15 is 0 Å². The van der Waals surface area contributed by atoms with Gasteiger partial charge in [-0.25, -0.2) is 4.98 Å². The number of amides is 1. The lowest BCUT2D eigenvalue weighted by molar-refractivity contribution is -0.130. The summed E-state index contributed by atoms with van der Waals surface area (Å²) in [6.45, 7) is 4.75. The number of likely N-dealkylation sites (N-methyl/N-ethyl adjacent to an activating group) is 1. The number of pyridine rings is 1. The summed E-state index contributed by atoms with van der Waals surface area (Å²) in [4.78, 5) is 18.8. The summed E-state index contributed by atoms with van der Waals surface area (Å²) in [7, 11) is 1.81. The van der Waals surface area contributed by atoms with E-state index in [-0.39, 0.29) is 5.91 Å². The first-order chi connectivity index (χ1) is 12.0. The summed E-state index contributed by atoms with van der Waals surface area (Å²) >= 11 is 0. The molecule has 1 amide bonds. The number of aryl methyl sites for hydroxylation is 1. The maximum absolute atomic E-state index is 12.5. The van der Waals surface area contributed by atoms with Gasteiger partial charge >= 0.3 is 0 Å². The predicted octanol–water partition coefficient (Wildman–Crippen LogP) is 3.56. The van der Waals surface area contributed by atoms with E-state index in [1.807, 2.05) is 55.0 Å². The first-order valence-electron chi connectivity index (χ1n) is 8.77. The van der Waals surface area contributed by atoms with Crippen LogP contribution in [0.2, 0.25) is 0 Å². The molecule has 3 aromatic heterocycles. The van der Waals surface area contributed by atoms with E-state index in [0.29, 0.717) is 18.9 Å². The van der Waals surface area contributed by atoms with Crippen molar-refractivity contribution in [3.05, 3.63) is 59.4 Å². The number of furan rings is 1. The lowest BCUT2D eigenvalue weighted by atomic mass is 10.2. The normalized spacial score (nSPS) is 19.3. The lowest BCUT2D eigenvalue weighted by Gasteiger charge is -2.14. The highest BCUT2D eigenvalue weighted by Crippen LogP contribution is 2.47. The van der Waals surface area contributed by atoms with Crippen LogP contribution in [0.5, 0.6) is 0 Å². The van der Waals surface area contributed by atoms with Gasteiger partial charge in [0.05, 0.1) is 18.7 Å². The highest BCUT2D eigenvalue weighted by molar-refractivity contribution is 5.78. The van der Waals surface area contributed by atoms with Gasteiger partial charge < -0.3 is 13.7 Å². The molecule has 2 atom stereocenters. The van der Waals surface area contributed by atoms with E-state index in [2.05, 4.69) is 11.9 Å². The number of rotatable bonds is 5. The minimum absolute atomic E-state index is 0.0406. The molecule has 0 N–H and O–H groups in total. The van der Waals surface area contributed by atoms with Crippen molar-refractivity contribution in [1.29, 1.82) is 0 Å². The summed E-state index contributed by atoms with van der Waals surface area (Å²) < 4.78 is 7.86. The van der Waals surface area contributed by atoms with Crippen molar-refractivity contribution in [3.8, 4) is 0 Å². The van der Waals surface area contributed by atoms with Gasteiger partial charge in [0, 0.05) is 25.4 Å². The van der Waals surface area contributed by atoms with E-state index in [4.69, 9.17) is 4.42 Å². The number of aromatic nitrogens is 2. The molecule has 5 heteroatoms. The first-order valence-corrected chi connectivity index (χ1v) is 8.77. The van der Waals surface area contributed by atoms with Crippen molar-refractivity contribution >= 4 is 11.6 Å². The average Bonchev–Trinajstić information content (AvgIpc) is 2.98. The Morgan fingerprint density at radius 2 is 2.20 bits per heavy atom. The summed E-state index contributed by atoms with van der Waals surface area (Å²) in [6, 6.07) is 8.04. The molecule has 0 unspecified atom stereocenters. The van der Waals surface area contributed by atoms with Crippen LogP contribution in [0.1, 0.15) is 42.0 Å². The molecule has 1 fully saturated rings. The van der Waals surface area contributed by atoms with Gasteiger partial charge in [0.1, 0.15) is 17.2 Å². The van der Waals surface area contributed by atoms with Crippen LogP contribution in [0.25, 0.3) is 5.65 Å². The SMILES string of the molecule is Cc1cccn2cc(CC(=O)N(C)Cc3ccc([C@@H]4C[C@H]4C)o3)nc12. The number of carbonyl (C=O) groups excluding carboxylic acids is 1. The Bertz CT molecular complexity index is 924. The fourth-order valence-corrected chi connectivity index (χ4v) is 3.30. The molecular weight excluding hydrogens is 314 g/mol. The Labute approximate surface area is 147 Å². The van der Waals surface area contributed by atoms with Gasteiger partial charge in [-0.05, 0) is 43.0 Å². The maximum Gasteiger partial charge on any atom is 0.228 e. The standard InChI is InChI=1S/C20H23N3O2/c1-13-5-4-8-23-11-15(21-20(13)23)10-19(24)22(3)12-16-6-7-18(25-16)17-9-14(17)2/h4-8,11,14,17H,9-10,12H2,1-3H3/t14-,17-/m1/s1. The summed E-state index contributed by atoms with van der Waals surface area (Å²) in [5.41, 5.74) is 2.80. The van der Waals surface area contributed by atoms with Gasteiger partial charge in [0.25, 0.3) is 0 Å². The molecule has 0 saturated heterocycles. The van der Waals surface area contributed by atoms with E-state index in [0.717, 1.165) is 34.3 Å². The Balaban J connectivity index is 1.41. The topological polar surface area (TPSA) is 50.8 Å². The molecule has 0 aromatic carbocycles. The quantitative estimate of drug-likeness (QED) is 0.715. The van der Waals surface area contributed by atoms with Gasteiger partial charge in [-0.3, -0.25) is 4.79 Å². The molecule has 130 valence electrons. The van der Waals surface area contributed by atoms with Crippen LogP contribution in [0.4, 0.5) is 0 Å². The Morgan fingerprint density at radius 1 is 1.40 bits per heavy atom. The van der Waals surface area contributed by atoms with Crippen LogP contribution in [-0.4, -0.2) is 27.2 Å². The van der Waals surface area contributed by atoms with Gasteiger partial charge in [-0.15, -0.1) is 0 Å². The zero-order valence-corrected chi connectivity index (χ0v) is 14.9. The van der Waals surface area contributed by atoms with Crippen molar-refractivity contribution < 1.29 is 9.21 Å². The molecule has 3 heterocycles. The molecule has 0 aliphatic heterocycles. The smallest absolute Gasteiger partial charge is 0.228 e. The van der Waals surface area contributed by atoms with Crippen molar-refractivity contribution in [2.75, 3.05) is 7.05 Å². The fourth-order valence-electron chi connectivity index (χ4n) is 3.30. The van der Waals surface area contributed by atoms with Crippen molar-refractivity contribution in [3.63, 3.8) is 0 Å². The fraction of sp³-hybridized carbons (Fsp3) is 0.400. The second-order valence-electron chi connectivity index (χ2n) is 7.20. The monoisotopic (exact) mass is 337 g/mol. The van der Waals surface area contributed by atoms with Crippen LogP contribution in [0, 0.1) is 12.8 Å². The molecule has 0 radical (unpaired) electrons.